The lowest BCUT2D eigenvalue weighted by atomic mass is 9.94. The van der Waals surface area contributed by atoms with Gasteiger partial charge in [0.05, 0.1) is 5.02 Å². The van der Waals surface area contributed by atoms with E-state index in [1.54, 1.807) is 11.0 Å². The molecular weight excluding hydrogens is 356 g/mol. The van der Waals surface area contributed by atoms with Crippen LogP contribution in [0.5, 0.6) is 0 Å². The molecule has 1 aromatic carbocycles. The Labute approximate surface area is 137 Å². The van der Waals surface area contributed by atoms with Crippen LogP contribution >= 0.6 is 27.5 Å². The number of carbonyl (C=O) groups is 2. The van der Waals surface area contributed by atoms with Crippen molar-refractivity contribution >= 4 is 45.0 Å². The molecule has 0 spiro atoms. The van der Waals surface area contributed by atoms with Gasteiger partial charge in [-0.1, -0.05) is 11.6 Å². The summed E-state index contributed by atoms with van der Waals surface area (Å²) in [4.78, 5) is 26.6. The Hall–Kier alpha value is -1.07. The minimum Gasteiger partial charge on any atom is -0.342 e. The van der Waals surface area contributed by atoms with E-state index in [1.807, 2.05) is 19.1 Å². The molecule has 21 heavy (non-hydrogen) atoms. The largest absolute Gasteiger partial charge is 0.342 e. The summed E-state index contributed by atoms with van der Waals surface area (Å²) in [5.41, 5.74) is -0.0284. The summed E-state index contributed by atoms with van der Waals surface area (Å²) in [6.07, 6.45) is 2.29. The molecule has 1 saturated heterocycles. The van der Waals surface area contributed by atoms with Gasteiger partial charge in [-0.05, 0) is 59.8 Å². The van der Waals surface area contributed by atoms with Crippen molar-refractivity contribution in [2.24, 2.45) is 5.92 Å². The van der Waals surface area contributed by atoms with Gasteiger partial charge in [0.1, 0.15) is 5.54 Å². The molecule has 2 amide bonds. The zero-order valence-corrected chi connectivity index (χ0v) is 14.0. The first-order valence-corrected chi connectivity index (χ1v) is 8.17. The quantitative estimate of drug-likeness (QED) is 0.868. The Morgan fingerprint density at radius 3 is 2.71 bits per heavy atom. The van der Waals surface area contributed by atoms with Gasteiger partial charge in [-0.3, -0.25) is 9.59 Å². The zero-order chi connectivity index (χ0) is 15.2. The average Bonchev–Trinajstić information content (AvgIpc) is 3.26. The van der Waals surface area contributed by atoms with Crippen LogP contribution in [0.4, 0.5) is 5.69 Å². The minimum absolute atomic E-state index is 0.0370. The number of benzene rings is 1. The molecular formula is C15H16BrClN2O2. The average molecular weight is 372 g/mol. The van der Waals surface area contributed by atoms with Crippen LogP contribution in [-0.2, 0) is 9.59 Å². The highest BCUT2D eigenvalue weighted by molar-refractivity contribution is 9.10. The second-order valence-electron chi connectivity index (χ2n) is 5.83. The number of halogens is 2. The molecule has 1 unspecified atom stereocenters. The SMILES string of the molecule is CC1(C2CC2)NC(=O)CCN(c2ccc(Cl)c(Br)c2)C1=O. The maximum Gasteiger partial charge on any atom is 0.252 e. The monoisotopic (exact) mass is 370 g/mol. The summed E-state index contributed by atoms with van der Waals surface area (Å²) < 4.78 is 0.742. The highest BCUT2D eigenvalue weighted by Crippen LogP contribution is 2.42. The molecule has 1 aliphatic heterocycles. The normalized spacial score (nSPS) is 26.5. The number of anilines is 1. The van der Waals surface area contributed by atoms with E-state index in [1.165, 1.54) is 0 Å². The number of amides is 2. The first kappa shape index (κ1) is 14.9. The maximum atomic E-state index is 13.0. The van der Waals surface area contributed by atoms with Gasteiger partial charge < -0.3 is 10.2 Å². The molecule has 1 aromatic rings. The molecule has 1 saturated carbocycles. The molecule has 2 aliphatic rings. The minimum atomic E-state index is -0.792. The molecule has 6 heteroatoms. The second-order valence-corrected chi connectivity index (χ2v) is 7.09. The van der Waals surface area contributed by atoms with Gasteiger partial charge in [0.25, 0.3) is 5.91 Å². The smallest absolute Gasteiger partial charge is 0.252 e. The van der Waals surface area contributed by atoms with Crippen LogP contribution in [0.2, 0.25) is 5.02 Å². The number of hydrogen-bond donors (Lipinski definition) is 1. The van der Waals surface area contributed by atoms with E-state index in [2.05, 4.69) is 21.2 Å². The van der Waals surface area contributed by atoms with Crippen LogP contribution in [0.3, 0.4) is 0 Å². The van der Waals surface area contributed by atoms with E-state index in [4.69, 9.17) is 11.6 Å². The first-order valence-electron chi connectivity index (χ1n) is 7.00. The van der Waals surface area contributed by atoms with Crippen molar-refractivity contribution in [1.29, 1.82) is 0 Å². The van der Waals surface area contributed by atoms with E-state index in [0.29, 0.717) is 18.0 Å². The predicted octanol–water partition coefficient (Wildman–Crippen LogP) is 3.12. The van der Waals surface area contributed by atoms with E-state index in [-0.39, 0.29) is 17.7 Å². The van der Waals surface area contributed by atoms with Gasteiger partial charge >= 0.3 is 0 Å². The fourth-order valence-electron chi connectivity index (χ4n) is 2.84. The van der Waals surface area contributed by atoms with Crippen molar-refractivity contribution in [3.05, 3.63) is 27.7 Å². The lowest BCUT2D eigenvalue weighted by Crippen LogP contribution is -2.56. The van der Waals surface area contributed by atoms with Crippen LogP contribution in [0, 0.1) is 5.92 Å². The number of carbonyl (C=O) groups excluding carboxylic acids is 2. The maximum absolute atomic E-state index is 13.0. The van der Waals surface area contributed by atoms with Crippen molar-refractivity contribution in [2.75, 3.05) is 11.4 Å². The Bertz CT molecular complexity index is 618. The Morgan fingerprint density at radius 1 is 1.38 bits per heavy atom. The molecule has 2 fully saturated rings. The van der Waals surface area contributed by atoms with Crippen LogP contribution in [0.25, 0.3) is 0 Å². The summed E-state index contributed by atoms with van der Waals surface area (Å²) >= 11 is 9.39. The molecule has 0 aromatic heterocycles. The fraction of sp³-hybridized carbons (Fsp3) is 0.467. The van der Waals surface area contributed by atoms with Gasteiger partial charge in [-0.25, -0.2) is 0 Å². The Morgan fingerprint density at radius 2 is 2.10 bits per heavy atom. The molecule has 1 heterocycles. The summed E-state index contributed by atoms with van der Waals surface area (Å²) in [6, 6.07) is 5.39. The third-order valence-corrected chi connectivity index (χ3v) is 5.47. The highest BCUT2D eigenvalue weighted by Gasteiger charge is 2.51. The van der Waals surface area contributed by atoms with Crippen molar-refractivity contribution in [1.82, 2.24) is 5.32 Å². The lowest BCUT2D eigenvalue weighted by Gasteiger charge is -2.32. The van der Waals surface area contributed by atoms with Crippen LogP contribution < -0.4 is 10.2 Å². The third kappa shape index (κ3) is 2.69. The van der Waals surface area contributed by atoms with Gasteiger partial charge in [-0.15, -0.1) is 0 Å². The third-order valence-electron chi connectivity index (χ3n) is 4.26. The number of rotatable bonds is 2. The zero-order valence-electron chi connectivity index (χ0n) is 11.7. The van der Waals surface area contributed by atoms with Crippen molar-refractivity contribution in [2.45, 2.75) is 31.7 Å². The molecule has 4 nitrogen and oxygen atoms in total. The number of hydrogen-bond acceptors (Lipinski definition) is 2. The molecule has 3 rings (SSSR count). The lowest BCUT2D eigenvalue weighted by molar-refractivity contribution is -0.130. The van der Waals surface area contributed by atoms with E-state index < -0.39 is 5.54 Å². The van der Waals surface area contributed by atoms with Gasteiger partial charge in [0, 0.05) is 23.1 Å². The summed E-state index contributed by atoms with van der Waals surface area (Å²) in [5.74, 6) is 0.142. The highest BCUT2D eigenvalue weighted by atomic mass is 79.9. The molecule has 0 radical (unpaired) electrons. The molecule has 1 atom stereocenters. The van der Waals surface area contributed by atoms with Gasteiger partial charge in [0.15, 0.2) is 0 Å². The first-order chi connectivity index (χ1) is 9.91. The topological polar surface area (TPSA) is 49.4 Å². The summed E-state index contributed by atoms with van der Waals surface area (Å²) in [7, 11) is 0. The fourth-order valence-corrected chi connectivity index (χ4v) is 3.32. The predicted molar refractivity (Wildman–Crippen MR) is 85.4 cm³/mol. The number of nitrogens with one attached hydrogen (secondary N) is 1. The van der Waals surface area contributed by atoms with E-state index in [0.717, 1.165) is 23.0 Å². The van der Waals surface area contributed by atoms with E-state index >= 15 is 0 Å². The van der Waals surface area contributed by atoms with Crippen LogP contribution in [0.1, 0.15) is 26.2 Å². The summed E-state index contributed by atoms with van der Waals surface area (Å²) in [6.45, 7) is 2.23. The molecule has 0 bridgehead atoms. The van der Waals surface area contributed by atoms with Crippen molar-refractivity contribution in [3.8, 4) is 0 Å². The second kappa shape index (κ2) is 5.29. The number of nitrogens with zero attached hydrogens (tertiary/aromatic N) is 1. The van der Waals surface area contributed by atoms with Crippen molar-refractivity contribution in [3.63, 3.8) is 0 Å². The molecule has 1 N–H and O–H groups in total. The van der Waals surface area contributed by atoms with Crippen LogP contribution in [0.15, 0.2) is 22.7 Å². The standard InChI is InChI=1S/C15H16BrClN2O2/c1-15(9-2-3-9)14(21)19(7-6-13(20)18-15)10-4-5-12(17)11(16)8-10/h4-5,8-9H,2-3,6-7H2,1H3,(H,18,20). The Balaban J connectivity index is 1.98. The Kier molecular flexibility index (Phi) is 3.74. The molecule has 112 valence electrons. The molecule has 1 aliphatic carbocycles. The summed E-state index contributed by atoms with van der Waals surface area (Å²) in [5, 5.41) is 3.52. The van der Waals surface area contributed by atoms with Gasteiger partial charge in [-0.2, -0.15) is 0 Å². The van der Waals surface area contributed by atoms with E-state index in [9.17, 15) is 9.59 Å². The van der Waals surface area contributed by atoms with Gasteiger partial charge in [0.2, 0.25) is 5.91 Å². The van der Waals surface area contributed by atoms with Crippen LogP contribution in [-0.4, -0.2) is 23.9 Å². The van der Waals surface area contributed by atoms with Crippen molar-refractivity contribution < 1.29 is 9.59 Å².